The molecule has 1 atom stereocenters. The second kappa shape index (κ2) is 6.66. The summed E-state index contributed by atoms with van der Waals surface area (Å²) in [6, 6.07) is 8.71. The minimum atomic E-state index is 0.389. The van der Waals surface area contributed by atoms with Gasteiger partial charge in [0, 0.05) is 29.2 Å². The fourth-order valence-electron chi connectivity index (χ4n) is 2.05. The van der Waals surface area contributed by atoms with Crippen molar-refractivity contribution in [1.29, 1.82) is 0 Å². The van der Waals surface area contributed by atoms with Crippen molar-refractivity contribution < 1.29 is 0 Å². The van der Waals surface area contributed by atoms with Crippen LogP contribution in [-0.2, 0) is 6.42 Å². The lowest BCUT2D eigenvalue weighted by molar-refractivity contribution is 0.530. The van der Waals surface area contributed by atoms with Crippen LogP contribution in [0.15, 0.2) is 35.8 Å². The molecule has 18 heavy (non-hydrogen) atoms. The lowest BCUT2D eigenvalue weighted by Crippen LogP contribution is -2.24. The van der Waals surface area contributed by atoms with Crippen LogP contribution in [0.2, 0.25) is 0 Å². The van der Waals surface area contributed by atoms with Gasteiger partial charge in [-0.05, 0) is 49.0 Å². The first kappa shape index (κ1) is 13.2. The number of aromatic nitrogens is 1. The lowest BCUT2D eigenvalue weighted by Gasteiger charge is -2.18. The van der Waals surface area contributed by atoms with Gasteiger partial charge in [0.05, 0.1) is 0 Å². The summed E-state index contributed by atoms with van der Waals surface area (Å²) >= 11 is 1.84. The molecule has 0 aliphatic heterocycles. The number of thiophene rings is 1. The van der Waals surface area contributed by atoms with Crippen LogP contribution in [0, 0.1) is 6.92 Å². The Morgan fingerprint density at radius 3 is 2.83 bits per heavy atom. The molecule has 0 aromatic carbocycles. The summed E-state index contributed by atoms with van der Waals surface area (Å²) in [4.78, 5) is 5.87. The maximum Gasteiger partial charge on any atom is 0.0473 e. The van der Waals surface area contributed by atoms with Crippen LogP contribution in [-0.4, -0.2) is 11.5 Å². The van der Waals surface area contributed by atoms with E-state index in [0.717, 1.165) is 25.1 Å². The molecule has 0 aliphatic rings. The molecule has 2 heterocycles. The topological polar surface area (TPSA) is 24.9 Å². The largest absolute Gasteiger partial charge is 0.309 e. The highest BCUT2D eigenvalue weighted by atomic mass is 32.1. The summed E-state index contributed by atoms with van der Waals surface area (Å²) < 4.78 is 0. The van der Waals surface area contributed by atoms with Crippen LogP contribution >= 0.6 is 11.3 Å². The molecule has 96 valence electrons. The Kier molecular flexibility index (Phi) is 4.90. The van der Waals surface area contributed by atoms with Crippen molar-refractivity contribution in [3.05, 3.63) is 52.0 Å². The van der Waals surface area contributed by atoms with Gasteiger partial charge in [-0.3, -0.25) is 4.98 Å². The standard InChI is InChI=1S/C15H20N2S/c1-3-8-17-14(15-12(2)7-10-18-15)11-13-6-4-5-9-16-13/h4-7,9-10,14,17H,3,8,11H2,1-2H3. The van der Waals surface area contributed by atoms with Crippen LogP contribution in [0.1, 0.15) is 35.5 Å². The Morgan fingerprint density at radius 1 is 1.33 bits per heavy atom. The van der Waals surface area contributed by atoms with E-state index in [1.165, 1.54) is 10.4 Å². The summed E-state index contributed by atoms with van der Waals surface area (Å²) in [7, 11) is 0. The Balaban J connectivity index is 2.13. The van der Waals surface area contributed by atoms with E-state index in [2.05, 4.69) is 47.7 Å². The van der Waals surface area contributed by atoms with Crippen molar-refractivity contribution in [2.24, 2.45) is 0 Å². The molecule has 0 bridgehead atoms. The highest BCUT2D eigenvalue weighted by Gasteiger charge is 2.15. The number of hydrogen-bond donors (Lipinski definition) is 1. The summed E-state index contributed by atoms with van der Waals surface area (Å²) in [6.45, 7) is 5.44. The van der Waals surface area contributed by atoms with Gasteiger partial charge >= 0.3 is 0 Å². The summed E-state index contributed by atoms with van der Waals surface area (Å²) in [6.07, 6.45) is 3.98. The van der Waals surface area contributed by atoms with Crippen LogP contribution in [0.3, 0.4) is 0 Å². The van der Waals surface area contributed by atoms with Gasteiger partial charge < -0.3 is 5.32 Å². The molecular weight excluding hydrogens is 240 g/mol. The number of nitrogens with zero attached hydrogens (tertiary/aromatic N) is 1. The van der Waals surface area contributed by atoms with E-state index in [-0.39, 0.29) is 0 Å². The second-order valence-corrected chi connectivity index (χ2v) is 5.45. The molecule has 2 nitrogen and oxygen atoms in total. The van der Waals surface area contributed by atoms with Crippen LogP contribution in [0.4, 0.5) is 0 Å². The van der Waals surface area contributed by atoms with Crippen molar-refractivity contribution in [1.82, 2.24) is 10.3 Å². The number of aryl methyl sites for hydroxylation is 1. The van der Waals surface area contributed by atoms with E-state index in [4.69, 9.17) is 0 Å². The summed E-state index contributed by atoms with van der Waals surface area (Å²) in [5, 5.41) is 5.80. The normalized spacial score (nSPS) is 12.6. The third-order valence-electron chi connectivity index (χ3n) is 3.00. The molecule has 1 unspecified atom stereocenters. The average molecular weight is 260 g/mol. The highest BCUT2D eigenvalue weighted by Crippen LogP contribution is 2.26. The Bertz CT molecular complexity index is 464. The van der Waals surface area contributed by atoms with E-state index >= 15 is 0 Å². The van der Waals surface area contributed by atoms with Gasteiger partial charge in [-0.1, -0.05) is 13.0 Å². The van der Waals surface area contributed by atoms with E-state index in [1.54, 1.807) is 0 Å². The monoisotopic (exact) mass is 260 g/mol. The Labute approximate surface area is 113 Å². The molecule has 3 heteroatoms. The first-order chi connectivity index (χ1) is 8.81. The van der Waals surface area contributed by atoms with Gasteiger partial charge in [0.15, 0.2) is 0 Å². The van der Waals surface area contributed by atoms with Gasteiger partial charge in [0.25, 0.3) is 0 Å². The third-order valence-corrected chi connectivity index (χ3v) is 4.13. The van der Waals surface area contributed by atoms with Gasteiger partial charge in [0.2, 0.25) is 0 Å². The number of hydrogen-bond acceptors (Lipinski definition) is 3. The molecule has 2 aromatic rings. The van der Waals surface area contributed by atoms with Crippen molar-refractivity contribution in [3.63, 3.8) is 0 Å². The Hall–Kier alpha value is -1.19. The minimum absolute atomic E-state index is 0.389. The number of nitrogens with one attached hydrogen (secondary N) is 1. The molecule has 0 aliphatic carbocycles. The van der Waals surface area contributed by atoms with Crippen LogP contribution < -0.4 is 5.32 Å². The molecule has 2 aromatic heterocycles. The summed E-state index contributed by atoms with van der Waals surface area (Å²) in [5.41, 5.74) is 2.53. The second-order valence-electron chi connectivity index (χ2n) is 4.50. The first-order valence-electron chi connectivity index (χ1n) is 6.48. The molecular formula is C15H20N2S. The number of rotatable bonds is 6. The van der Waals surface area contributed by atoms with Crippen molar-refractivity contribution in [3.8, 4) is 0 Å². The van der Waals surface area contributed by atoms with Crippen LogP contribution in [0.25, 0.3) is 0 Å². The van der Waals surface area contributed by atoms with Crippen molar-refractivity contribution >= 4 is 11.3 Å². The van der Waals surface area contributed by atoms with E-state index in [1.807, 2.05) is 23.6 Å². The van der Waals surface area contributed by atoms with Gasteiger partial charge in [0.1, 0.15) is 0 Å². The van der Waals surface area contributed by atoms with E-state index in [0.29, 0.717) is 6.04 Å². The molecule has 0 amide bonds. The zero-order valence-corrected chi connectivity index (χ0v) is 11.8. The zero-order valence-electron chi connectivity index (χ0n) is 11.0. The molecule has 0 radical (unpaired) electrons. The SMILES string of the molecule is CCCNC(Cc1ccccn1)c1sccc1C. The molecule has 0 spiro atoms. The van der Waals surface area contributed by atoms with E-state index in [9.17, 15) is 0 Å². The molecule has 0 saturated carbocycles. The fourth-order valence-corrected chi connectivity index (χ4v) is 3.05. The van der Waals surface area contributed by atoms with Gasteiger partial charge in [-0.15, -0.1) is 11.3 Å². The predicted octanol–water partition coefficient (Wildman–Crippen LogP) is 3.73. The third kappa shape index (κ3) is 3.40. The Morgan fingerprint density at radius 2 is 2.22 bits per heavy atom. The maximum absolute atomic E-state index is 4.43. The minimum Gasteiger partial charge on any atom is -0.309 e. The zero-order chi connectivity index (χ0) is 12.8. The highest BCUT2D eigenvalue weighted by molar-refractivity contribution is 7.10. The summed E-state index contributed by atoms with van der Waals surface area (Å²) in [5.74, 6) is 0. The quantitative estimate of drug-likeness (QED) is 0.856. The molecule has 0 saturated heterocycles. The van der Waals surface area contributed by atoms with Gasteiger partial charge in [-0.2, -0.15) is 0 Å². The number of pyridine rings is 1. The van der Waals surface area contributed by atoms with Crippen LogP contribution in [0.5, 0.6) is 0 Å². The smallest absolute Gasteiger partial charge is 0.0473 e. The maximum atomic E-state index is 4.43. The van der Waals surface area contributed by atoms with E-state index < -0.39 is 0 Å². The fraction of sp³-hybridized carbons (Fsp3) is 0.400. The van der Waals surface area contributed by atoms with Crippen molar-refractivity contribution in [2.45, 2.75) is 32.7 Å². The first-order valence-corrected chi connectivity index (χ1v) is 7.36. The van der Waals surface area contributed by atoms with Gasteiger partial charge in [-0.25, -0.2) is 0 Å². The molecule has 1 N–H and O–H groups in total. The average Bonchev–Trinajstić information content (AvgIpc) is 2.82. The van der Waals surface area contributed by atoms with Crippen molar-refractivity contribution in [2.75, 3.05) is 6.54 Å². The molecule has 0 fully saturated rings. The lowest BCUT2D eigenvalue weighted by atomic mass is 10.1. The predicted molar refractivity (Wildman–Crippen MR) is 78.0 cm³/mol. The molecule has 2 rings (SSSR count).